The minimum atomic E-state index is -4.02. The summed E-state index contributed by atoms with van der Waals surface area (Å²) in [6, 6.07) is 12.0. The van der Waals surface area contributed by atoms with Crippen molar-refractivity contribution in [2.45, 2.75) is 49.4 Å². The summed E-state index contributed by atoms with van der Waals surface area (Å²) < 4.78 is 73.7. The molecular formula is C30H33FN4O7S2. The van der Waals surface area contributed by atoms with Crippen molar-refractivity contribution in [1.82, 2.24) is 18.9 Å². The van der Waals surface area contributed by atoms with Gasteiger partial charge in [-0.1, -0.05) is 36.8 Å². The summed E-state index contributed by atoms with van der Waals surface area (Å²) in [7, 11) is -7.84. The molecule has 0 atom stereocenters. The van der Waals surface area contributed by atoms with E-state index in [0.29, 0.717) is 53.5 Å². The van der Waals surface area contributed by atoms with Crippen molar-refractivity contribution >= 4 is 37.0 Å². The van der Waals surface area contributed by atoms with Gasteiger partial charge in [0.1, 0.15) is 16.4 Å². The third kappa shape index (κ3) is 6.54. The number of carbonyl (C=O) groups excluding carboxylic acids is 1. The molecule has 44 heavy (non-hydrogen) atoms. The molecular weight excluding hydrogens is 611 g/mol. The largest absolute Gasteiger partial charge is 0.340 e. The van der Waals surface area contributed by atoms with Gasteiger partial charge in [0.2, 0.25) is 10.0 Å². The summed E-state index contributed by atoms with van der Waals surface area (Å²) in [4.78, 5) is 16.9. The van der Waals surface area contributed by atoms with Crippen LogP contribution in [-0.4, -0.2) is 71.1 Å². The quantitative estimate of drug-likeness (QED) is 0.242. The summed E-state index contributed by atoms with van der Waals surface area (Å²) >= 11 is 0. The molecule has 0 radical (unpaired) electrons. The van der Waals surface area contributed by atoms with Crippen molar-refractivity contribution in [2.75, 3.05) is 19.6 Å². The molecule has 2 aliphatic rings. The third-order valence-electron chi connectivity index (χ3n) is 7.94. The molecule has 1 amide bonds. The number of halogens is 1. The number of amides is 1. The van der Waals surface area contributed by atoms with Crippen LogP contribution in [0.1, 0.15) is 46.9 Å². The van der Waals surface area contributed by atoms with E-state index in [0.717, 1.165) is 24.0 Å². The van der Waals surface area contributed by atoms with Crippen LogP contribution in [0.2, 0.25) is 0 Å². The highest BCUT2D eigenvalue weighted by molar-refractivity contribution is 7.89. The van der Waals surface area contributed by atoms with E-state index in [-0.39, 0.29) is 27.8 Å². The van der Waals surface area contributed by atoms with Crippen LogP contribution in [0.25, 0.3) is 10.9 Å². The van der Waals surface area contributed by atoms with E-state index in [1.54, 1.807) is 35.0 Å². The van der Waals surface area contributed by atoms with Gasteiger partial charge in [0, 0.05) is 31.2 Å². The van der Waals surface area contributed by atoms with Gasteiger partial charge in [0.05, 0.1) is 23.2 Å². The Hall–Kier alpha value is -3.69. The predicted octanol–water partition coefficient (Wildman–Crippen LogP) is 4.27. The molecule has 4 heterocycles. The number of pyridine rings is 1. The first-order chi connectivity index (χ1) is 20.8. The molecule has 0 spiro atoms. The zero-order valence-corrected chi connectivity index (χ0v) is 25.9. The number of hydrogen-bond donors (Lipinski definition) is 2. The standard InChI is InChI=1S/C23H25FN4O4S.C7H8O3S/c1-15-6-9-27(10-7-15)33(31,32)20-14-26(13-16-2-4-17(24)5-3-16)19-12-25-22-18(21(19)20)8-11-28(30)23(22)29;1-6-2-4-7(5-3-6)11(8,9)10/h2-5,12,14-15,30H,6-11,13H2,1H3;2-5H,1H3,(H,8,9,10). The lowest BCUT2D eigenvalue weighted by Gasteiger charge is -2.29. The number of aromatic nitrogens is 2. The van der Waals surface area contributed by atoms with Gasteiger partial charge < -0.3 is 4.57 Å². The fourth-order valence-corrected chi connectivity index (χ4v) is 7.56. The van der Waals surface area contributed by atoms with E-state index >= 15 is 0 Å². The minimum Gasteiger partial charge on any atom is -0.340 e. The van der Waals surface area contributed by atoms with E-state index in [4.69, 9.17) is 4.55 Å². The lowest BCUT2D eigenvalue weighted by Crippen LogP contribution is -2.38. The number of hydrogen-bond acceptors (Lipinski definition) is 7. The van der Waals surface area contributed by atoms with Crippen LogP contribution < -0.4 is 0 Å². The third-order valence-corrected chi connectivity index (χ3v) is 10.7. The highest BCUT2D eigenvalue weighted by atomic mass is 32.2. The molecule has 6 rings (SSSR count). The van der Waals surface area contributed by atoms with Crippen LogP contribution >= 0.6 is 0 Å². The molecule has 4 aromatic rings. The van der Waals surface area contributed by atoms with Crippen molar-refractivity contribution in [2.24, 2.45) is 5.92 Å². The van der Waals surface area contributed by atoms with Gasteiger partial charge >= 0.3 is 0 Å². The molecule has 1 saturated heterocycles. The van der Waals surface area contributed by atoms with Gasteiger partial charge in [-0.05, 0) is 67.5 Å². The molecule has 0 aliphatic carbocycles. The Kier molecular flexibility index (Phi) is 8.92. The number of sulfonamides is 1. The highest BCUT2D eigenvalue weighted by Crippen LogP contribution is 2.35. The second-order valence-electron chi connectivity index (χ2n) is 11.1. The summed E-state index contributed by atoms with van der Waals surface area (Å²) in [5.41, 5.74) is 2.95. The zero-order chi connectivity index (χ0) is 31.8. The van der Waals surface area contributed by atoms with Gasteiger partial charge in [0.25, 0.3) is 16.0 Å². The molecule has 2 N–H and O–H groups in total. The molecule has 2 aromatic carbocycles. The number of hydroxylamine groups is 2. The molecule has 0 bridgehead atoms. The molecule has 11 nitrogen and oxygen atoms in total. The van der Waals surface area contributed by atoms with Crippen LogP contribution in [-0.2, 0) is 33.1 Å². The SMILES string of the molecule is CC1CCN(S(=O)(=O)c2cn(Cc3ccc(F)cc3)c3cnc4c(c23)CCN(O)C4=O)CC1.Cc1ccc(S(=O)(=O)O)cc1. The normalized spacial score (nSPS) is 16.5. The number of aryl methyl sites for hydroxylation is 1. The van der Waals surface area contributed by atoms with Crippen molar-refractivity contribution in [3.63, 3.8) is 0 Å². The molecule has 0 unspecified atom stereocenters. The van der Waals surface area contributed by atoms with Gasteiger partial charge in [0.15, 0.2) is 0 Å². The van der Waals surface area contributed by atoms with Crippen LogP contribution in [0, 0.1) is 18.7 Å². The number of piperidine rings is 1. The predicted molar refractivity (Wildman–Crippen MR) is 160 cm³/mol. The maximum atomic E-state index is 13.7. The summed E-state index contributed by atoms with van der Waals surface area (Å²) in [5.74, 6) is -0.512. The Morgan fingerprint density at radius 3 is 2.23 bits per heavy atom. The molecule has 14 heteroatoms. The molecule has 1 fully saturated rings. The Morgan fingerprint density at radius 2 is 1.61 bits per heavy atom. The summed E-state index contributed by atoms with van der Waals surface area (Å²) in [5, 5.41) is 10.9. The van der Waals surface area contributed by atoms with Crippen molar-refractivity contribution < 1.29 is 35.8 Å². The number of carbonyl (C=O) groups is 1. The fourth-order valence-electron chi connectivity index (χ4n) is 5.37. The van der Waals surface area contributed by atoms with Crippen molar-refractivity contribution in [3.05, 3.63) is 89.1 Å². The lowest BCUT2D eigenvalue weighted by molar-refractivity contribution is -0.0606. The van der Waals surface area contributed by atoms with E-state index in [1.807, 2.05) is 6.92 Å². The highest BCUT2D eigenvalue weighted by Gasteiger charge is 2.35. The Morgan fingerprint density at radius 1 is 0.977 bits per heavy atom. The van der Waals surface area contributed by atoms with Crippen LogP contribution in [0.5, 0.6) is 0 Å². The first-order valence-electron chi connectivity index (χ1n) is 14.1. The van der Waals surface area contributed by atoms with E-state index in [2.05, 4.69) is 11.9 Å². The number of nitrogens with zero attached hydrogens (tertiary/aromatic N) is 4. The van der Waals surface area contributed by atoms with Crippen LogP contribution in [0.15, 0.2) is 70.7 Å². The second-order valence-corrected chi connectivity index (χ2v) is 14.5. The summed E-state index contributed by atoms with van der Waals surface area (Å²) in [6.07, 6.45) is 4.96. The van der Waals surface area contributed by atoms with E-state index < -0.39 is 26.0 Å². The van der Waals surface area contributed by atoms with Crippen LogP contribution in [0.3, 0.4) is 0 Å². The van der Waals surface area contributed by atoms with Gasteiger partial charge in [-0.3, -0.25) is 14.6 Å². The maximum Gasteiger partial charge on any atom is 0.296 e. The number of fused-ring (bicyclic) bond motifs is 3. The Balaban J connectivity index is 0.000000296. The smallest absolute Gasteiger partial charge is 0.296 e. The molecule has 2 aliphatic heterocycles. The van der Waals surface area contributed by atoms with Crippen molar-refractivity contribution in [3.8, 4) is 0 Å². The van der Waals surface area contributed by atoms with Crippen molar-refractivity contribution in [1.29, 1.82) is 0 Å². The Bertz CT molecular complexity index is 1900. The topological polar surface area (TPSA) is 150 Å². The monoisotopic (exact) mass is 644 g/mol. The second kappa shape index (κ2) is 12.4. The average molecular weight is 645 g/mol. The lowest BCUT2D eigenvalue weighted by atomic mass is 10.0. The number of rotatable bonds is 5. The van der Waals surface area contributed by atoms with Crippen LogP contribution in [0.4, 0.5) is 4.39 Å². The fraction of sp³-hybridized carbons (Fsp3) is 0.333. The first-order valence-corrected chi connectivity index (χ1v) is 16.9. The number of benzene rings is 2. The van der Waals surface area contributed by atoms with Gasteiger partial charge in [-0.25, -0.2) is 22.9 Å². The zero-order valence-electron chi connectivity index (χ0n) is 24.2. The van der Waals surface area contributed by atoms with E-state index in [1.165, 1.54) is 34.8 Å². The maximum absolute atomic E-state index is 13.7. The molecule has 2 aromatic heterocycles. The Labute approximate surface area is 255 Å². The van der Waals surface area contributed by atoms with Gasteiger partial charge in [-0.2, -0.15) is 12.7 Å². The summed E-state index contributed by atoms with van der Waals surface area (Å²) in [6.45, 7) is 5.25. The van der Waals surface area contributed by atoms with Gasteiger partial charge in [-0.15, -0.1) is 0 Å². The molecule has 234 valence electrons. The first kappa shape index (κ1) is 31.7. The van der Waals surface area contributed by atoms with E-state index in [9.17, 15) is 31.2 Å². The average Bonchev–Trinajstić information content (AvgIpc) is 3.36. The molecule has 0 saturated carbocycles. The minimum absolute atomic E-state index is 0.0660.